The molecule has 2 atom stereocenters. The monoisotopic (exact) mass is 371 g/mol. The molecule has 1 aromatic carbocycles. The van der Waals surface area contributed by atoms with Crippen LogP contribution in [0.3, 0.4) is 0 Å². The summed E-state index contributed by atoms with van der Waals surface area (Å²) in [7, 11) is 1.33. The highest BCUT2D eigenvalue weighted by molar-refractivity contribution is 7.20. The van der Waals surface area contributed by atoms with Gasteiger partial charge in [0.2, 0.25) is 0 Å². The fourth-order valence-corrected chi connectivity index (χ4v) is 3.62. The van der Waals surface area contributed by atoms with Gasteiger partial charge in [0.1, 0.15) is 6.04 Å². The molecule has 2 unspecified atom stereocenters. The number of hydrogen-bond acceptors (Lipinski definition) is 5. The first-order valence-corrected chi connectivity index (χ1v) is 9.27. The summed E-state index contributed by atoms with van der Waals surface area (Å²) in [5, 5.41) is 3.64. The Morgan fingerprint density at radius 3 is 2.69 bits per heavy atom. The van der Waals surface area contributed by atoms with E-state index in [0.29, 0.717) is 5.56 Å². The predicted octanol–water partition coefficient (Wildman–Crippen LogP) is 3.40. The Morgan fingerprint density at radius 2 is 2.04 bits per heavy atom. The second-order valence-corrected chi connectivity index (χ2v) is 7.14. The van der Waals surface area contributed by atoms with Gasteiger partial charge in [0.05, 0.1) is 17.3 Å². The van der Waals surface area contributed by atoms with Crippen molar-refractivity contribution in [3.05, 3.63) is 48.3 Å². The average Bonchev–Trinajstić information content (AvgIpc) is 3.32. The van der Waals surface area contributed by atoms with Gasteiger partial charge in [-0.3, -0.25) is 4.79 Å². The van der Waals surface area contributed by atoms with E-state index in [0.717, 1.165) is 21.8 Å². The third kappa shape index (κ3) is 3.62. The number of esters is 1. The minimum absolute atomic E-state index is 0.0149. The van der Waals surface area contributed by atoms with Gasteiger partial charge in [0, 0.05) is 18.0 Å². The van der Waals surface area contributed by atoms with E-state index in [2.05, 4.69) is 10.3 Å². The van der Waals surface area contributed by atoms with Gasteiger partial charge in [0.25, 0.3) is 5.91 Å². The van der Waals surface area contributed by atoms with Crippen molar-refractivity contribution < 1.29 is 14.3 Å². The summed E-state index contributed by atoms with van der Waals surface area (Å²) < 4.78 is 7.67. The van der Waals surface area contributed by atoms with Crippen LogP contribution in [0, 0.1) is 5.92 Å². The van der Waals surface area contributed by atoms with Gasteiger partial charge in [-0.25, -0.2) is 9.78 Å². The summed E-state index contributed by atoms with van der Waals surface area (Å²) in [5.41, 5.74) is 1.33. The lowest BCUT2D eigenvalue weighted by atomic mass is 9.99. The summed E-state index contributed by atoms with van der Waals surface area (Å²) in [6.07, 6.45) is 4.62. The number of benzene rings is 1. The number of nitrogens with zero attached hydrogens (tertiary/aromatic N) is 2. The molecule has 0 saturated carbocycles. The molecule has 6 nitrogen and oxygen atoms in total. The number of carbonyl (C=O) groups is 2. The third-order valence-electron chi connectivity index (χ3n) is 4.42. The SMILES string of the molecule is CCC(C)C(NC(=O)c1ccc2nc(-n3cccc3)sc2c1)C(=O)OC. The van der Waals surface area contributed by atoms with Crippen molar-refractivity contribution in [1.29, 1.82) is 0 Å². The third-order valence-corrected chi connectivity index (χ3v) is 5.45. The van der Waals surface area contributed by atoms with E-state index >= 15 is 0 Å². The number of aromatic nitrogens is 2. The highest BCUT2D eigenvalue weighted by atomic mass is 32.1. The summed E-state index contributed by atoms with van der Waals surface area (Å²) in [6.45, 7) is 3.89. The average molecular weight is 371 g/mol. The van der Waals surface area contributed by atoms with Gasteiger partial charge in [-0.15, -0.1) is 0 Å². The molecule has 3 aromatic rings. The molecule has 0 saturated heterocycles. The molecule has 1 N–H and O–H groups in total. The van der Waals surface area contributed by atoms with Crippen LogP contribution in [0.5, 0.6) is 0 Å². The Kier molecular flexibility index (Phi) is 5.37. The van der Waals surface area contributed by atoms with Crippen LogP contribution in [-0.2, 0) is 9.53 Å². The standard InChI is InChI=1S/C19H21N3O3S/c1-4-12(2)16(18(24)25-3)21-17(23)13-7-8-14-15(11-13)26-19(20-14)22-9-5-6-10-22/h5-12,16H,4H2,1-3H3,(H,21,23). The van der Waals surface area contributed by atoms with Gasteiger partial charge in [-0.2, -0.15) is 0 Å². The summed E-state index contributed by atoms with van der Waals surface area (Å²) in [5.74, 6) is -0.737. The van der Waals surface area contributed by atoms with Gasteiger partial charge in [0.15, 0.2) is 5.13 Å². The maximum absolute atomic E-state index is 12.6. The molecule has 0 aliphatic heterocycles. The normalized spacial score (nSPS) is 13.3. The molecular formula is C19H21N3O3S. The van der Waals surface area contributed by atoms with E-state index in [9.17, 15) is 9.59 Å². The number of carbonyl (C=O) groups excluding carboxylic acids is 2. The molecule has 7 heteroatoms. The Balaban J connectivity index is 1.84. The van der Waals surface area contributed by atoms with Crippen molar-refractivity contribution in [3.8, 4) is 5.13 Å². The van der Waals surface area contributed by atoms with E-state index in [1.54, 1.807) is 12.1 Å². The van der Waals surface area contributed by atoms with Gasteiger partial charge in [-0.1, -0.05) is 31.6 Å². The lowest BCUT2D eigenvalue weighted by Gasteiger charge is -2.21. The van der Waals surface area contributed by atoms with Crippen molar-refractivity contribution >= 4 is 33.4 Å². The Labute approximate surface area is 155 Å². The lowest BCUT2D eigenvalue weighted by Crippen LogP contribution is -2.45. The van der Waals surface area contributed by atoms with E-state index in [4.69, 9.17) is 4.74 Å². The molecule has 0 aliphatic carbocycles. The number of hydrogen-bond donors (Lipinski definition) is 1. The predicted molar refractivity (Wildman–Crippen MR) is 102 cm³/mol. The summed E-state index contributed by atoms with van der Waals surface area (Å²) in [6, 6.07) is 8.57. The number of rotatable bonds is 6. The molecule has 26 heavy (non-hydrogen) atoms. The largest absolute Gasteiger partial charge is 0.467 e. The first-order valence-electron chi connectivity index (χ1n) is 8.46. The molecule has 0 bridgehead atoms. The molecule has 0 spiro atoms. The van der Waals surface area contributed by atoms with Crippen molar-refractivity contribution in [3.63, 3.8) is 0 Å². The number of ether oxygens (including phenoxy) is 1. The maximum atomic E-state index is 12.6. The van der Waals surface area contributed by atoms with Crippen molar-refractivity contribution in [1.82, 2.24) is 14.9 Å². The van der Waals surface area contributed by atoms with Crippen LogP contribution in [-0.4, -0.2) is 34.6 Å². The fourth-order valence-electron chi connectivity index (χ4n) is 2.65. The molecule has 0 fully saturated rings. The number of nitrogens with one attached hydrogen (secondary N) is 1. The van der Waals surface area contributed by atoms with Crippen LogP contribution in [0.15, 0.2) is 42.7 Å². The van der Waals surface area contributed by atoms with E-state index in [1.807, 2.05) is 49.0 Å². The summed E-state index contributed by atoms with van der Waals surface area (Å²) >= 11 is 1.51. The van der Waals surface area contributed by atoms with Crippen LogP contribution < -0.4 is 5.32 Å². The summed E-state index contributed by atoms with van der Waals surface area (Å²) in [4.78, 5) is 29.2. The van der Waals surface area contributed by atoms with Crippen LogP contribution in [0.1, 0.15) is 30.6 Å². The second kappa shape index (κ2) is 7.70. The molecule has 0 aliphatic rings. The van der Waals surface area contributed by atoms with Crippen LogP contribution in [0.2, 0.25) is 0 Å². The topological polar surface area (TPSA) is 73.2 Å². The zero-order valence-electron chi connectivity index (χ0n) is 14.9. The van der Waals surface area contributed by atoms with Crippen molar-refractivity contribution in [2.24, 2.45) is 5.92 Å². The van der Waals surface area contributed by atoms with E-state index in [-0.39, 0.29) is 11.8 Å². The Bertz CT molecular complexity index is 917. The minimum atomic E-state index is -0.662. The highest BCUT2D eigenvalue weighted by Crippen LogP contribution is 2.26. The highest BCUT2D eigenvalue weighted by Gasteiger charge is 2.27. The van der Waals surface area contributed by atoms with Gasteiger partial charge in [-0.05, 0) is 36.2 Å². The Hall–Kier alpha value is -2.67. The van der Waals surface area contributed by atoms with Crippen molar-refractivity contribution in [2.45, 2.75) is 26.3 Å². The Morgan fingerprint density at radius 1 is 1.31 bits per heavy atom. The molecule has 136 valence electrons. The molecule has 3 rings (SSSR count). The minimum Gasteiger partial charge on any atom is -0.467 e. The second-order valence-electron chi connectivity index (χ2n) is 6.13. The van der Waals surface area contributed by atoms with Crippen LogP contribution >= 0.6 is 11.3 Å². The van der Waals surface area contributed by atoms with E-state index in [1.165, 1.54) is 18.4 Å². The fraction of sp³-hybridized carbons (Fsp3) is 0.316. The quantitative estimate of drug-likeness (QED) is 0.674. The molecule has 2 aromatic heterocycles. The number of amides is 1. The van der Waals surface area contributed by atoms with Crippen molar-refractivity contribution in [2.75, 3.05) is 7.11 Å². The zero-order valence-corrected chi connectivity index (χ0v) is 15.7. The number of methoxy groups -OCH3 is 1. The van der Waals surface area contributed by atoms with E-state index < -0.39 is 12.0 Å². The number of thiazole rings is 1. The van der Waals surface area contributed by atoms with Crippen LogP contribution in [0.25, 0.3) is 15.3 Å². The lowest BCUT2D eigenvalue weighted by molar-refractivity contribution is -0.144. The molecule has 2 heterocycles. The first kappa shape index (κ1) is 18.1. The van der Waals surface area contributed by atoms with Gasteiger partial charge < -0.3 is 14.6 Å². The van der Waals surface area contributed by atoms with Gasteiger partial charge >= 0.3 is 5.97 Å². The molecule has 0 radical (unpaired) electrons. The smallest absolute Gasteiger partial charge is 0.328 e. The number of fused-ring (bicyclic) bond motifs is 1. The zero-order chi connectivity index (χ0) is 18.7. The first-order chi connectivity index (χ1) is 12.5. The molecule has 1 amide bonds. The molecular weight excluding hydrogens is 350 g/mol. The maximum Gasteiger partial charge on any atom is 0.328 e. The van der Waals surface area contributed by atoms with Crippen LogP contribution in [0.4, 0.5) is 0 Å².